The maximum Gasteiger partial charge on any atom is 0.0123 e. The third-order valence-corrected chi connectivity index (χ3v) is 4.02. The summed E-state index contributed by atoms with van der Waals surface area (Å²) in [6, 6.07) is 0.852. The van der Waals surface area contributed by atoms with Crippen molar-refractivity contribution in [2.75, 3.05) is 19.6 Å². The van der Waals surface area contributed by atoms with Crippen molar-refractivity contribution in [3.63, 3.8) is 0 Å². The summed E-state index contributed by atoms with van der Waals surface area (Å²) in [6.07, 6.45) is 9.54. The molecule has 96 valence electrons. The number of nitrogens with zero attached hydrogens (tertiary/aromatic N) is 1. The van der Waals surface area contributed by atoms with Gasteiger partial charge < -0.3 is 10.6 Å². The smallest absolute Gasteiger partial charge is 0.0123 e. The Morgan fingerprint density at radius 2 is 1.88 bits per heavy atom. The number of nitrogens with two attached hydrogens (primary N) is 1. The Morgan fingerprint density at radius 3 is 2.50 bits per heavy atom. The Balaban J connectivity index is 2.51. The van der Waals surface area contributed by atoms with E-state index in [1.165, 1.54) is 51.6 Å². The van der Waals surface area contributed by atoms with E-state index in [0.29, 0.717) is 0 Å². The van der Waals surface area contributed by atoms with E-state index in [0.717, 1.165) is 24.9 Å². The van der Waals surface area contributed by atoms with E-state index in [4.69, 9.17) is 5.73 Å². The van der Waals surface area contributed by atoms with Crippen molar-refractivity contribution in [1.82, 2.24) is 4.90 Å². The molecule has 0 aromatic carbocycles. The van der Waals surface area contributed by atoms with Crippen LogP contribution in [0.15, 0.2) is 0 Å². The molecule has 2 nitrogen and oxygen atoms in total. The predicted molar refractivity (Wildman–Crippen MR) is 71.6 cm³/mol. The van der Waals surface area contributed by atoms with Crippen molar-refractivity contribution >= 4 is 0 Å². The van der Waals surface area contributed by atoms with Crippen molar-refractivity contribution in [1.29, 1.82) is 0 Å². The Kier molecular flexibility index (Phi) is 7.06. The van der Waals surface area contributed by atoms with Crippen LogP contribution in [-0.4, -0.2) is 30.6 Å². The lowest BCUT2D eigenvalue weighted by molar-refractivity contribution is 0.100. The zero-order chi connectivity index (χ0) is 11.8. The summed E-state index contributed by atoms with van der Waals surface area (Å²) in [7, 11) is 0. The van der Waals surface area contributed by atoms with Gasteiger partial charge in [0.05, 0.1) is 0 Å². The Bertz CT molecular complexity index is 170. The molecule has 1 saturated carbocycles. The minimum absolute atomic E-state index is 0.837. The van der Waals surface area contributed by atoms with Gasteiger partial charge in [0, 0.05) is 6.04 Å². The summed E-state index contributed by atoms with van der Waals surface area (Å²) in [6.45, 7) is 7.96. The topological polar surface area (TPSA) is 29.3 Å². The van der Waals surface area contributed by atoms with Gasteiger partial charge >= 0.3 is 0 Å². The summed E-state index contributed by atoms with van der Waals surface area (Å²) in [4.78, 5) is 2.72. The van der Waals surface area contributed by atoms with Gasteiger partial charge in [-0.2, -0.15) is 0 Å². The van der Waals surface area contributed by atoms with Crippen LogP contribution in [0.5, 0.6) is 0 Å². The maximum absolute atomic E-state index is 5.64. The van der Waals surface area contributed by atoms with Gasteiger partial charge in [-0.05, 0) is 51.2 Å². The standard InChI is InChI=1S/C14H30N2/c1-3-11-16(12-7-10-15)14-9-6-5-8-13(14)4-2/h13-14H,3-12,15H2,1-2H3. The summed E-state index contributed by atoms with van der Waals surface area (Å²) in [5, 5.41) is 0. The molecule has 0 aromatic heterocycles. The quantitative estimate of drug-likeness (QED) is 0.723. The highest BCUT2D eigenvalue weighted by Crippen LogP contribution is 2.30. The first-order chi connectivity index (χ1) is 7.83. The highest BCUT2D eigenvalue weighted by atomic mass is 15.2. The molecule has 1 rings (SSSR count). The summed E-state index contributed by atoms with van der Waals surface area (Å²) >= 11 is 0. The van der Waals surface area contributed by atoms with Crippen LogP contribution >= 0.6 is 0 Å². The fourth-order valence-corrected chi connectivity index (χ4v) is 3.17. The van der Waals surface area contributed by atoms with Gasteiger partial charge in [-0.3, -0.25) is 0 Å². The highest BCUT2D eigenvalue weighted by molar-refractivity contribution is 4.82. The van der Waals surface area contributed by atoms with Crippen molar-refractivity contribution in [2.24, 2.45) is 11.7 Å². The molecule has 0 aliphatic heterocycles. The molecule has 1 aliphatic rings. The van der Waals surface area contributed by atoms with Crippen LogP contribution in [0.2, 0.25) is 0 Å². The van der Waals surface area contributed by atoms with Crippen LogP contribution in [0.4, 0.5) is 0 Å². The van der Waals surface area contributed by atoms with E-state index in [9.17, 15) is 0 Å². The van der Waals surface area contributed by atoms with Crippen LogP contribution in [0, 0.1) is 5.92 Å². The van der Waals surface area contributed by atoms with Gasteiger partial charge in [0.25, 0.3) is 0 Å². The molecule has 0 radical (unpaired) electrons. The lowest BCUT2D eigenvalue weighted by Gasteiger charge is -2.40. The predicted octanol–water partition coefficient (Wildman–Crippen LogP) is 3.02. The normalized spacial score (nSPS) is 26.2. The fourth-order valence-electron chi connectivity index (χ4n) is 3.17. The van der Waals surface area contributed by atoms with Crippen molar-refractivity contribution in [2.45, 2.75) is 64.8 Å². The Morgan fingerprint density at radius 1 is 1.12 bits per heavy atom. The maximum atomic E-state index is 5.64. The molecule has 0 bridgehead atoms. The average Bonchev–Trinajstić information content (AvgIpc) is 2.34. The first-order valence-electron chi connectivity index (χ1n) is 7.27. The molecule has 0 saturated heterocycles. The van der Waals surface area contributed by atoms with Crippen molar-refractivity contribution in [3.8, 4) is 0 Å². The summed E-state index contributed by atoms with van der Waals surface area (Å²) in [5.74, 6) is 0.943. The summed E-state index contributed by atoms with van der Waals surface area (Å²) in [5.41, 5.74) is 5.64. The Labute approximate surface area is 102 Å². The van der Waals surface area contributed by atoms with Gasteiger partial charge in [0.2, 0.25) is 0 Å². The first kappa shape index (κ1) is 14.0. The fraction of sp³-hybridized carbons (Fsp3) is 1.00. The van der Waals surface area contributed by atoms with Crippen molar-refractivity contribution in [3.05, 3.63) is 0 Å². The molecule has 2 atom stereocenters. The molecular formula is C14H30N2. The van der Waals surface area contributed by atoms with Gasteiger partial charge in [0.1, 0.15) is 0 Å². The molecule has 2 unspecified atom stereocenters. The van der Waals surface area contributed by atoms with Crippen LogP contribution in [0.25, 0.3) is 0 Å². The molecule has 0 amide bonds. The van der Waals surface area contributed by atoms with Gasteiger partial charge in [0.15, 0.2) is 0 Å². The molecule has 1 fully saturated rings. The molecular weight excluding hydrogens is 196 g/mol. The van der Waals surface area contributed by atoms with Gasteiger partial charge in [-0.1, -0.05) is 33.1 Å². The lowest BCUT2D eigenvalue weighted by atomic mass is 9.82. The van der Waals surface area contributed by atoms with Crippen LogP contribution in [0.1, 0.15) is 58.8 Å². The van der Waals surface area contributed by atoms with E-state index in [2.05, 4.69) is 18.7 Å². The minimum atomic E-state index is 0.837. The Hall–Kier alpha value is -0.0800. The highest BCUT2D eigenvalue weighted by Gasteiger charge is 2.27. The molecule has 2 N–H and O–H groups in total. The minimum Gasteiger partial charge on any atom is -0.330 e. The van der Waals surface area contributed by atoms with E-state index in [-0.39, 0.29) is 0 Å². The lowest BCUT2D eigenvalue weighted by Crippen LogP contribution is -2.43. The molecule has 0 spiro atoms. The van der Waals surface area contributed by atoms with Crippen LogP contribution in [-0.2, 0) is 0 Å². The SMILES string of the molecule is CCCN(CCCN)C1CCCCC1CC. The number of hydrogen-bond acceptors (Lipinski definition) is 2. The van der Waals surface area contributed by atoms with Crippen molar-refractivity contribution < 1.29 is 0 Å². The van der Waals surface area contributed by atoms with E-state index in [1.807, 2.05) is 0 Å². The molecule has 2 heteroatoms. The van der Waals surface area contributed by atoms with Crippen LogP contribution in [0.3, 0.4) is 0 Å². The van der Waals surface area contributed by atoms with E-state index >= 15 is 0 Å². The third-order valence-electron chi connectivity index (χ3n) is 4.02. The second-order valence-corrected chi connectivity index (χ2v) is 5.20. The third kappa shape index (κ3) is 4.06. The molecule has 0 aromatic rings. The largest absolute Gasteiger partial charge is 0.330 e. The second kappa shape index (κ2) is 8.08. The second-order valence-electron chi connectivity index (χ2n) is 5.20. The van der Waals surface area contributed by atoms with E-state index < -0.39 is 0 Å². The molecule has 0 heterocycles. The van der Waals surface area contributed by atoms with Gasteiger partial charge in [-0.25, -0.2) is 0 Å². The molecule has 16 heavy (non-hydrogen) atoms. The molecule has 1 aliphatic carbocycles. The average molecular weight is 226 g/mol. The van der Waals surface area contributed by atoms with Crippen LogP contribution < -0.4 is 5.73 Å². The van der Waals surface area contributed by atoms with Gasteiger partial charge in [-0.15, -0.1) is 0 Å². The zero-order valence-corrected chi connectivity index (χ0v) is 11.3. The first-order valence-corrected chi connectivity index (χ1v) is 7.27. The monoisotopic (exact) mass is 226 g/mol. The van der Waals surface area contributed by atoms with E-state index in [1.54, 1.807) is 0 Å². The zero-order valence-electron chi connectivity index (χ0n) is 11.3. The number of rotatable bonds is 7. The number of hydrogen-bond donors (Lipinski definition) is 1. The summed E-state index contributed by atoms with van der Waals surface area (Å²) < 4.78 is 0.